The third-order valence-electron chi connectivity index (χ3n) is 4.79. The number of carbonyl (C=O) groups excluding carboxylic acids is 1. The van der Waals surface area contributed by atoms with Gasteiger partial charge in [-0.3, -0.25) is 9.59 Å². The Morgan fingerprint density at radius 1 is 1.18 bits per heavy atom. The molecule has 0 aliphatic carbocycles. The fraction of sp³-hybridized carbons (Fsp3) is 0.238. The topological polar surface area (TPSA) is 92.7 Å². The van der Waals surface area contributed by atoms with Crippen molar-refractivity contribution < 1.29 is 4.79 Å². The average molecular weight is 375 g/mol. The van der Waals surface area contributed by atoms with Crippen molar-refractivity contribution in [3.05, 3.63) is 69.9 Å². The summed E-state index contributed by atoms with van der Waals surface area (Å²) in [5, 5.41) is 8.53. The molecule has 0 saturated heterocycles. The Hall–Kier alpha value is -3.48. The zero-order valence-corrected chi connectivity index (χ0v) is 16.0. The maximum atomic E-state index is 12.6. The Bertz CT molecular complexity index is 1250. The maximum Gasteiger partial charge on any atom is 0.275 e. The van der Waals surface area contributed by atoms with Gasteiger partial charge in [-0.15, -0.1) is 0 Å². The molecule has 0 spiro atoms. The molecular weight excluding hydrogens is 354 g/mol. The number of fused-ring (bicyclic) bond motifs is 2. The van der Waals surface area contributed by atoms with Gasteiger partial charge < -0.3 is 10.3 Å². The number of benzene rings is 2. The average Bonchev–Trinajstić information content (AvgIpc) is 3.09. The van der Waals surface area contributed by atoms with Crippen LogP contribution in [0.3, 0.4) is 0 Å². The SMILES string of the molecule is Cc1ccc2nc(C(C)NC(=O)Cn3nc(C)c4ccccc4c3=O)[nH]c2c1. The standard InChI is InChI=1S/C21H21N5O2/c1-12-8-9-17-18(10-12)24-20(23-17)14(3)22-19(27)11-26-21(28)16-7-5-4-6-15(16)13(2)25-26/h4-10,14H,11H2,1-3H3,(H,22,27)(H,23,24). The van der Waals surface area contributed by atoms with Gasteiger partial charge >= 0.3 is 0 Å². The van der Waals surface area contributed by atoms with Gasteiger partial charge in [0.05, 0.1) is 28.2 Å². The fourth-order valence-electron chi connectivity index (χ4n) is 3.35. The molecule has 0 fully saturated rings. The summed E-state index contributed by atoms with van der Waals surface area (Å²) in [7, 11) is 0. The van der Waals surface area contributed by atoms with Crippen LogP contribution in [0.5, 0.6) is 0 Å². The monoisotopic (exact) mass is 375 g/mol. The number of aryl methyl sites for hydroxylation is 2. The molecule has 2 aromatic carbocycles. The van der Waals surface area contributed by atoms with Crippen LogP contribution in [0.25, 0.3) is 21.8 Å². The van der Waals surface area contributed by atoms with E-state index in [4.69, 9.17) is 0 Å². The Labute approximate surface area is 161 Å². The molecule has 2 heterocycles. The number of hydrogen-bond acceptors (Lipinski definition) is 4. The smallest absolute Gasteiger partial charge is 0.275 e. The van der Waals surface area contributed by atoms with E-state index in [9.17, 15) is 9.59 Å². The van der Waals surface area contributed by atoms with Crippen molar-refractivity contribution >= 4 is 27.7 Å². The first-order valence-electron chi connectivity index (χ1n) is 9.14. The highest BCUT2D eigenvalue weighted by Gasteiger charge is 2.16. The highest BCUT2D eigenvalue weighted by atomic mass is 16.2. The number of aromatic amines is 1. The molecule has 7 heteroatoms. The van der Waals surface area contributed by atoms with E-state index in [0.717, 1.165) is 22.0 Å². The highest BCUT2D eigenvalue weighted by Crippen LogP contribution is 2.17. The van der Waals surface area contributed by atoms with E-state index in [1.165, 1.54) is 4.68 Å². The van der Waals surface area contributed by atoms with E-state index in [-0.39, 0.29) is 24.1 Å². The second-order valence-electron chi connectivity index (χ2n) is 7.03. The molecule has 4 rings (SSSR count). The Morgan fingerprint density at radius 3 is 2.71 bits per heavy atom. The molecule has 2 N–H and O–H groups in total. The third-order valence-corrected chi connectivity index (χ3v) is 4.79. The number of imidazole rings is 1. The van der Waals surface area contributed by atoms with Crippen LogP contribution in [0.15, 0.2) is 47.3 Å². The predicted octanol–water partition coefficient (Wildman–Crippen LogP) is 2.77. The molecule has 7 nitrogen and oxygen atoms in total. The van der Waals surface area contributed by atoms with Gasteiger partial charge in [0.25, 0.3) is 5.56 Å². The molecule has 0 bridgehead atoms. The molecule has 28 heavy (non-hydrogen) atoms. The fourth-order valence-corrected chi connectivity index (χ4v) is 3.35. The minimum Gasteiger partial charge on any atom is -0.345 e. The van der Waals surface area contributed by atoms with Crippen LogP contribution in [0.4, 0.5) is 0 Å². The van der Waals surface area contributed by atoms with E-state index in [1.807, 2.05) is 51.1 Å². The molecule has 1 unspecified atom stereocenters. The van der Waals surface area contributed by atoms with Crippen molar-refractivity contribution in [3.8, 4) is 0 Å². The first-order chi connectivity index (χ1) is 13.4. The first kappa shape index (κ1) is 17.9. The number of nitrogens with one attached hydrogen (secondary N) is 2. The van der Waals surface area contributed by atoms with Gasteiger partial charge in [0, 0.05) is 5.39 Å². The van der Waals surface area contributed by atoms with Crippen molar-refractivity contribution in [1.29, 1.82) is 0 Å². The molecule has 4 aromatic rings. The van der Waals surface area contributed by atoms with Crippen molar-refractivity contribution in [3.63, 3.8) is 0 Å². The van der Waals surface area contributed by atoms with Crippen LogP contribution in [-0.2, 0) is 11.3 Å². The Balaban J connectivity index is 1.54. The third kappa shape index (κ3) is 3.26. The molecule has 1 atom stereocenters. The first-order valence-corrected chi connectivity index (χ1v) is 9.14. The van der Waals surface area contributed by atoms with Crippen molar-refractivity contribution in [2.75, 3.05) is 0 Å². The zero-order valence-electron chi connectivity index (χ0n) is 16.0. The zero-order chi connectivity index (χ0) is 19.8. The predicted molar refractivity (Wildman–Crippen MR) is 108 cm³/mol. The Morgan fingerprint density at radius 2 is 1.93 bits per heavy atom. The summed E-state index contributed by atoms with van der Waals surface area (Å²) >= 11 is 0. The van der Waals surface area contributed by atoms with Crippen LogP contribution >= 0.6 is 0 Å². The largest absolute Gasteiger partial charge is 0.345 e. The summed E-state index contributed by atoms with van der Waals surface area (Å²) in [6, 6.07) is 12.9. The molecule has 2 aromatic heterocycles. The lowest BCUT2D eigenvalue weighted by atomic mass is 10.1. The second-order valence-corrected chi connectivity index (χ2v) is 7.03. The van der Waals surface area contributed by atoms with E-state index >= 15 is 0 Å². The number of carbonyl (C=O) groups is 1. The normalized spacial score (nSPS) is 12.4. The minimum absolute atomic E-state index is 0.145. The highest BCUT2D eigenvalue weighted by molar-refractivity contribution is 5.84. The summed E-state index contributed by atoms with van der Waals surface area (Å²) in [4.78, 5) is 32.9. The molecule has 1 amide bonds. The van der Waals surface area contributed by atoms with Crippen LogP contribution in [0.1, 0.15) is 30.0 Å². The summed E-state index contributed by atoms with van der Waals surface area (Å²) in [6.45, 7) is 5.55. The van der Waals surface area contributed by atoms with Crippen molar-refractivity contribution in [2.24, 2.45) is 0 Å². The number of amides is 1. The van der Waals surface area contributed by atoms with Crippen LogP contribution < -0.4 is 10.9 Å². The summed E-state index contributed by atoms with van der Waals surface area (Å²) in [6.07, 6.45) is 0. The quantitative estimate of drug-likeness (QED) is 0.574. The van der Waals surface area contributed by atoms with E-state index < -0.39 is 0 Å². The van der Waals surface area contributed by atoms with E-state index in [0.29, 0.717) is 16.9 Å². The van der Waals surface area contributed by atoms with Crippen molar-refractivity contribution in [1.82, 2.24) is 25.1 Å². The number of H-pyrrole nitrogens is 1. The lowest BCUT2D eigenvalue weighted by molar-refractivity contribution is -0.122. The molecular formula is C21H21N5O2. The van der Waals surface area contributed by atoms with Gasteiger partial charge in [-0.1, -0.05) is 24.3 Å². The minimum atomic E-state index is -0.322. The maximum absolute atomic E-state index is 12.6. The molecule has 0 aliphatic heterocycles. The lowest BCUT2D eigenvalue weighted by Crippen LogP contribution is -2.35. The van der Waals surface area contributed by atoms with E-state index in [1.54, 1.807) is 12.1 Å². The Kier molecular flexibility index (Phi) is 4.43. The number of aromatic nitrogens is 4. The molecule has 142 valence electrons. The summed E-state index contributed by atoms with van der Waals surface area (Å²) in [5.74, 6) is 0.373. The van der Waals surface area contributed by atoms with Gasteiger partial charge in [-0.05, 0) is 44.5 Å². The number of hydrogen-bond donors (Lipinski definition) is 2. The van der Waals surface area contributed by atoms with Crippen molar-refractivity contribution in [2.45, 2.75) is 33.4 Å². The molecule has 0 saturated carbocycles. The van der Waals surface area contributed by atoms with Gasteiger partial charge in [0.1, 0.15) is 12.4 Å². The van der Waals surface area contributed by atoms with Gasteiger partial charge in [0.15, 0.2) is 0 Å². The summed E-state index contributed by atoms with van der Waals surface area (Å²) in [5.41, 5.74) is 3.35. The van der Waals surface area contributed by atoms with Crippen LogP contribution in [0, 0.1) is 13.8 Å². The van der Waals surface area contributed by atoms with Gasteiger partial charge in [0.2, 0.25) is 5.91 Å². The van der Waals surface area contributed by atoms with Crippen LogP contribution in [-0.4, -0.2) is 25.7 Å². The second kappa shape index (κ2) is 6.92. The van der Waals surface area contributed by atoms with E-state index in [2.05, 4.69) is 20.4 Å². The number of nitrogens with zero attached hydrogens (tertiary/aromatic N) is 3. The molecule has 0 radical (unpaired) electrons. The lowest BCUT2D eigenvalue weighted by Gasteiger charge is -2.13. The summed E-state index contributed by atoms with van der Waals surface area (Å²) < 4.78 is 1.21. The van der Waals surface area contributed by atoms with Gasteiger partial charge in [-0.2, -0.15) is 5.10 Å². The molecule has 0 aliphatic rings. The van der Waals surface area contributed by atoms with Gasteiger partial charge in [-0.25, -0.2) is 9.67 Å². The van der Waals surface area contributed by atoms with Crippen LogP contribution in [0.2, 0.25) is 0 Å². The number of rotatable bonds is 4.